The number of piperidine rings is 1. The van der Waals surface area contributed by atoms with Gasteiger partial charge in [-0.25, -0.2) is 0 Å². The van der Waals surface area contributed by atoms with Gasteiger partial charge in [0.05, 0.1) is 12.0 Å². The van der Waals surface area contributed by atoms with Crippen LogP contribution in [0.5, 0.6) is 0 Å². The zero-order valence-corrected chi connectivity index (χ0v) is 17.7. The van der Waals surface area contributed by atoms with Gasteiger partial charge >= 0.3 is 0 Å². The summed E-state index contributed by atoms with van der Waals surface area (Å²) in [5.41, 5.74) is 1.74. The van der Waals surface area contributed by atoms with Gasteiger partial charge in [0.1, 0.15) is 0 Å². The van der Waals surface area contributed by atoms with E-state index in [1.807, 2.05) is 62.7 Å². The molecule has 3 rings (SSSR count). The highest BCUT2D eigenvalue weighted by Crippen LogP contribution is 2.26. The number of benzene rings is 1. The lowest BCUT2D eigenvalue weighted by Crippen LogP contribution is -2.45. The summed E-state index contributed by atoms with van der Waals surface area (Å²) in [5, 5.41) is 5.16. The number of para-hydroxylation sites is 1. The van der Waals surface area contributed by atoms with Crippen molar-refractivity contribution in [2.75, 3.05) is 25.0 Å². The SMILES string of the molecule is CC(C)N(C)C(=O)c1ccccc1N1CCC(NC(=O)Cc2cccs2)CC1. The van der Waals surface area contributed by atoms with Crippen molar-refractivity contribution < 1.29 is 9.59 Å². The molecular weight excluding hydrogens is 370 g/mol. The monoisotopic (exact) mass is 399 g/mol. The van der Waals surface area contributed by atoms with Gasteiger partial charge in [-0.15, -0.1) is 11.3 Å². The van der Waals surface area contributed by atoms with Gasteiger partial charge in [0.15, 0.2) is 0 Å². The largest absolute Gasteiger partial charge is 0.371 e. The molecule has 150 valence electrons. The van der Waals surface area contributed by atoms with Crippen LogP contribution in [0.3, 0.4) is 0 Å². The minimum atomic E-state index is 0.0528. The molecular formula is C22H29N3O2S. The van der Waals surface area contributed by atoms with Gasteiger partial charge in [-0.05, 0) is 50.3 Å². The molecule has 0 saturated carbocycles. The molecule has 1 N–H and O–H groups in total. The number of hydrogen-bond acceptors (Lipinski definition) is 4. The second-order valence-corrected chi connectivity index (χ2v) is 8.64. The van der Waals surface area contributed by atoms with Crippen LogP contribution in [0.15, 0.2) is 41.8 Å². The molecule has 6 heteroatoms. The van der Waals surface area contributed by atoms with Crippen molar-refractivity contribution in [1.29, 1.82) is 0 Å². The normalized spacial score (nSPS) is 14.9. The van der Waals surface area contributed by atoms with Gasteiger partial charge in [-0.2, -0.15) is 0 Å². The standard InChI is InChI=1S/C22H29N3O2S/c1-16(2)24(3)22(27)19-8-4-5-9-20(19)25-12-10-17(11-13-25)23-21(26)15-18-7-6-14-28-18/h4-9,14,16-17H,10-13,15H2,1-3H3,(H,23,26). The zero-order valence-electron chi connectivity index (χ0n) is 16.9. The van der Waals surface area contributed by atoms with Crippen molar-refractivity contribution in [3.8, 4) is 0 Å². The summed E-state index contributed by atoms with van der Waals surface area (Å²) in [7, 11) is 1.85. The van der Waals surface area contributed by atoms with Gasteiger partial charge in [-0.3, -0.25) is 9.59 Å². The molecule has 1 aliphatic rings. The molecule has 0 bridgehead atoms. The topological polar surface area (TPSA) is 52.7 Å². The van der Waals surface area contributed by atoms with Crippen LogP contribution in [0.25, 0.3) is 0 Å². The smallest absolute Gasteiger partial charge is 0.255 e. The zero-order chi connectivity index (χ0) is 20.1. The maximum Gasteiger partial charge on any atom is 0.255 e. The van der Waals surface area contributed by atoms with Crippen molar-refractivity contribution in [3.63, 3.8) is 0 Å². The minimum Gasteiger partial charge on any atom is -0.371 e. The Morgan fingerprint density at radius 1 is 1.18 bits per heavy atom. The highest BCUT2D eigenvalue weighted by Gasteiger charge is 2.25. The molecule has 5 nitrogen and oxygen atoms in total. The number of rotatable bonds is 6. The molecule has 2 amide bonds. The summed E-state index contributed by atoms with van der Waals surface area (Å²) in [6, 6.07) is 12.2. The molecule has 1 aromatic heterocycles. The summed E-state index contributed by atoms with van der Waals surface area (Å²) in [6.45, 7) is 5.70. The maximum atomic E-state index is 12.9. The summed E-state index contributed by atoms with van der Waals surface area (Å²) in [4.78, 5) is 30.2. The van der Waals surface area contributed by atoms with E-state index in [4.69, 9.17) is 0 Å². The fourth-order valence-corrected chi connectivity index (χ4v) is 4.17. The van der Waals surface area contributed by atoms with E-state index in [-0.39, 0.29) is 23.9 Å². The molecule has 2 heterocycles. The van der Waals surface area contributed by atoms with Gasteiger partial charge in [0.2, 0.25) is 5.91 Å². The van der Waals surface area contributed by atoms with E-state index in [1.54, 1.807) is 16.2 Å². The van der Waals surface area contributed by atoms with Crippen LogP contribution in [0, 0.1) is 0 Å². The molecule has 0 spiro atoms. The molecule has 0 aliphatic carbocycles. The van der Waals surface area contributed by atoms with E-state index >= 15 is 0 Å². The Kier molecular flexibility index (Phi) is 6.73. The van der Waals surface area contributed by atoms with Crippen LogP contribution >= 0.6 is 11.3 Å². The predicted molar refractivity (Wildman–Crippen MR) is 115 cm³/mol. The van der Waals surface area contributed by atoms with Gasteiger partial charge < -0.3 is 15.1 Å². The van der Waals surface area contributed by atoms with E-state index in [9.17, 15) is 9.59 Å². The fourth-order valence-electron chi connectivity index (χ4n) is 3.47. The Morgan fingerprint density at radius 3 is 2.54 bits per heavy atom. The Hall–Kier alpha value is -2.34. The molecule has 0 atom stereocenters. The summed E-state index contributed by atoms with van der Waals surface area (Å²) in [6.07, 6.45) is 2.23. The van der Waals surface area contributed by atoms with E-state index in [0.29, 0.717) is 6.42 Å². The third kappa shape index (κ3) is 4.93. The van der Waals surface area contributed by atoms with Crippen molar-refractivity contribution in [1.82, 2.24) is 10.2 Å². The van der Waals surface area contributed by atoms with Crippen LogP contribution < -0.4 is 10.2 Å². The average molecular weight is 400 g/mol. The van der Waals surface area contributed by atoms with Crippen molar-refractivity contribution in [2.24, 2.45) is 0 Å². The number of carbonyl (C=O) groups excluding carboxylic acids is 2. The van der Waals surface area contributed by atoms with Crippen LogP contribution in [-0.4, -0.2) is 48.9 Å². The molecule has 1 aromatic carbocycles. The van der Waals surface area contributed by atoms with Gasteiger partial charge in [0.25, 0.3) is 5.91 Å². The lowest BCUT2D eigenvalue weighted by atomic mass is 10.0. The number of anilines is 1. The van der Waals surface area contributed by atoms with Crippen LogP contribution in [0.2, 0.25) is 0 Å². The first-order valence-corrected chi connectivity index (χ1v) is 10.8. The number of nitrogens with zero attached hydrogens (tertiary/aromatic N) is 2. The molecule has 0 unspecified atom stereocenters. The highest BCUT2D eigenvalue weighted by atomic mass is 32.1. The van der Waals surface area contributed by atoms with Crippen molar-refractivity contribution >= 4 is 28.8 Å². The number of amides is 2. The quantitative estimate of drug-likeness (QED) is 0.808. The van der Waals surface area contributed by atoms with E-state index in [2.05, 4.69) is 10.2 Å². The summed E-state index contributed by atoms with van der Waals surface area (Å²) < 4.78 is 0. The number of carbonyl (C=O) groups is 2. The molecule has 1 fully saturated rings. The van der Waals surface area contributed by atoms with E-state index in [1.165, 1.54) is 0 Å². The Labute approximate surface area is 171 Å². The highest BCUT2D eigenvalue weighted by molar-refractivity contribution is 7.10. The number of nitrogens with one attached hydrogen (secondary N) is 1. The first-order valence-electron chi connectivity index (χ1n) is 9.88. The first-order chi connectivity index (χ1) is 13.5. The lowest BCUT2D eigenvalue weighted by molar-refractivity contribution is -0.121. The Balaban J connectivity index is 1.59. The van der Waals surface area contributed by atoms with Crippen LogP contribution in [0.4, 0.5) is 5.69 Å². The summed E-state index contributed by atoms with van der Waals surface area (Å²) in [5.74, 6) is 0.145. The second-order valence-electron chi connectivity index (χ2n) is 7.61. The average Bonchev–Trinajstić information content (AvgIpc) is 3.20. The number of thiophene rings is 1. The molecule has 28 heavy (non-hydrogen) atoms. The maximum absolute atomic E-state index is 12.9. The van der Waals surface area contributed by atoms with Gasteiger partial charge in [0, 0.05) is 42.8 Å². The molecule has 2 aromatic rings. The molecule has 0 radical (unpaired) electrons. The van der Waals surface area contributed by atoms with E-state index in [0.717, 1.165) is 42.1 Å². The van der Waals surface area contributed by atoms with Gasteiger partial charge in [-0.1, -0.05) is 18.2 Å². The second kappa shape index (κ2) is 9.24. The van der Waals surface area contributed by atoms with Crippen LogP contribution in [0.1, 0.15) is 41.9 Å². The fraction of sp³-hybridized carbons (Fsp3) is 0.455. The Morgan fingerprint density at radius 2 is 1.89 bits per heavy atom. The summed E-state index contributed by atoms with van der Waals surface area (Å²) >= 11 is 1.61. The minimum absolute atomic E-state index is 0.0528. The molecule has 1 aliphatic heterocycles. The lowest BCUT2D eigenvalue weighted by Gasteiger charge is -2.35. The third-order valence-corrected chi connectivity index (χ3v) is 6.22. The molecule has 1 saturated heterocycles. The Bertz CT molecular complexity index is 796. The predicted octanol–water partition coefficient (Wildman–Crippen LogP) is 3.56. The third-order valence-electron chi connectivity index (χ3n) is 5.35. The number of hydrogen-bond donors (Lipinski definition) is 1. The van der Waals surface area contributed by atoms with Crippen molar-refractivity contribution in [2.45, 2.75) is 45.2 Å². The van der Waals surface area contributed by atoms with Crippen molar-refractivity contribution in [3.05, 3.63) is 52.2 Å². The first kappa shape index (κ1) is 20.4. The van der Waals surface area contributed by atoms with E-state index < -0.39 is 0 Å². The van der Waals surface area contributed by atoms with Crippen LogP contribution in [-0.2, 0) is 11.2 Å².